The summed E-state index contributed by atoms with van der Waals surface area (Å²) in [5, 5.41) is 3.47. The SMILES string of the molecule is O=C(Nc1ccc(-c2ncc[nH]2)cc1)C1CSCN1C(=O)c1ccc(Cl)cc1. The summed E-state index contributed by atoms with van der Waals surface area (Å²) in [5.74, 6) is 1.45. The molecule has 4 rings (SSSR count). The molecule has 1 aliphatic rings. The standard InChI is InChI=1S/C20H17ClN4O2S/c21-15-5-1-14(2-6-15)20(27)25-12-28-11-17(25)19(26)24-16-7-3-13(4-8-16)18-22-9-10-23-18/h1-10,17H,11-12H2,(H,22,23)(H,24,26). The Kier molecular flexibility index (Phi) is 5.36. The van der Waals surface area contributed by atoms with Crippen molar-refractivity contribution in [3.63, 3.8) is 0 Å². The largest absolute Gasteiger partial charge is 0.345 e. The third-order valence-electron chi connectivity index (χ3n) is 4.46. The molecule has 1 saturated heterocycles. The molecule has 2 amide bonds. The molecule has 3 aromatic rings. The number of imidazole rings is 1. The van der Waals surface area contributed by atoms with E-state index in [1.807, 2.05) is 24.3 Å². The van der Waals surface area contributed by atoms with Crippen molar-refractivity contribution in [3.8, 4) is 11.4 Å². The number of carbonyl (C=O) groups is 2. The lowest BCUT2D eigenvalue weighted by Gasteiger charge is -2.23. The number of thioether (sulfide) groups is 1. The summed E-state index contributed by atoms with van der Waals surface area (Å²) >= 11 is 7.45. The van der Waals surface area contributed by atoms with Crippen molar-refractivity contribution >= 4 is 40.9 Å². The minimum absolute atomic E-state index is 0.171. The number of hydrogen-bond donors (Lipinski definition) is 2. The highest BCUT2D eigenvalue weighted by atomic mass is 35.5. The third-order valence-corrected chi connectivity index (χ3v) is 5.73. The zero-order valence-electron chi connectivity index (χ0n) is 14.8. The number of carbonyl (C=O) groups excluding carboxylic acids is 2. The molecule has 2 aromatic carbocycles. The van der Waals surface area contributed by atoms with Crippen LogP contribution in [0.4, 0.5) is 5.69 Å². The second-order valence-corrected chi connectivity index (χ2v) is 7.74. The van der Waals surface area contributed by atoms with Gasteiger partial charge in [0, 0.05) is 40.0 Å². The molecule has 28 heavy (non-hydrogen) atoms. The van der Waals surface area contributed by atoms with Crippen molar-refractivity contribution in [2.75, 3.05) is 16.9 Å². The predicted molar refractivity (Wildman–Crippen MR) is 111 cm³/mol. The lowest BCUT2D eigenvalue weighted by Crippen LogP contribution is -2.44. The molecule has 8 heteroatoms. The molecule has 0 saturated carbocycles. The quantitative estimate of drug-likeness (QED) is 0.681. The molecular weight excluding hydrogens is 396 g/mol. The lowest BCUT2D eigenvalue weighted by molar-refractivity contribution is -0.119. The average Bonchev–Trinajstić information content (AvgIpc) is 3.41. The van der Waals surface area contributed by atoms with Crippen LogP contribution in [0.5, 0.6) is 0 Å². The van der Waals surface area contributed by atoms with Crippen LogP contribution >= 0.6 is 23.4 Å². The number of nitrogens with zero attached hydrogens (tertiary/aromatic N) is 2. The Bertz CT molecular complexity index is 974. The molecule has 2 heterocycles. The fourth-order valence-corrected chi connectivity index (χ4v) is 4.26. The van der Waals surface area contributed by atoms with Crippen molar-refractivity contribution in [3.05, 3.63) is 71.5 Å². The Hall–Kier alpha value is -2.77. The van der Waals surface area contributed by atoms with Crippen LogP contribution in [0.15, 0.2) is 60.9 Å². The molecule has 0 radical (unpaired) electrons. The van der Waals surface area contributed by atoms with Crippen LogP contribution in [0.1, 0.15) is 10.4 Å². The Labute approximate surface area is 171 Å². The first-order valence-corrected chi connectivity index (χ1v) is 10.2. The van der Waals surface area contributed by atoms with E-state index < -0.39 is 6.04 Å². The number of H-pyrrole nitrogens is 1. The zero-order chi connectivity index (χ0) is 19.5. The number of nitrogens with one attached hydrogen (secondary N) is 2. The van der Waals surface area contributed by atoms with E-state index in [4.69, 9.17) is 11.6 Å². The summed E-state index contributed by atoms with van der Waals surface area (Å²) in [7, 11) is 0. The van der Waals surface area contributed by atoms with Gasteiger partial charge in [-0.2, -0.15) is 0 Å². The molecule has 0 spiro atoms. The van der Waals surface area contributed by atoms with Crippen LogP contribution in [0.2, 0.25) is 5.02 Å². The van der Waals surface area contributed by atoms with Crippen LogP contribution < -0.4 is 5.32 Å². The van der Waals surface area contributed by atoms with Gasteiger partial charge >= 0.3 is 0 Å². The van der Waals surface area contributed by atoms with Crippen LogP contribution in [-0.2, 0) is 4.79 Å². The summed E-state index contributed by atoms with van der Waals surface area (Å²) in [6, 6.07) is 13.6. The summed E-state index contributed by atoms with van der Waals surface area (Å²) in [6.45, 7) is 0. The van der Waals surface area contributed by atoms with Crippen LogP contribution in [-0.4, -0.2) is 44.4 Å². The molecule has 142 valence electrons. The molecule has 0 bridgehead atoms. The van der Waals surface area contributed by atoms with Gasteiger partial charge in [-0.05, 0) is 48.5 Å². The maximum Gasteiger partial charge on any atom is 0.255 e. The minimum atomic E-state index is -0.516. The van der Waals surface area contributed by atoms with Gasteiger partial charge in [0.1, 0.15) is 11.9 Å². The van der Waals surface area contributed by atoms with Gasteiger partial charge in [0.05, 0.1) is 5.88 Å². The highest BCUT2D eigenvalue weighted by Gasteiger charge is 2.35. The second kappa shape index (κ2) is 8.08. The molecule has 1 unspecified atom stereocenters. The van der Waals surface area contributed by atoms with Gasteiger partial charge in [0.25, 0.3) is 5.91 Å². The number of amides is 2. The van der Waals surface area contributed by atoms with Crippen molar-refractivity contribution in [2.45, 2.75) is 6.04 Å². The average molecular weight is 413 g/mol. The van der Waals surface area contributed by atoms with E-state index in [9.17, 15) is 9.59 Å². The predicted octanol–water partition coefficient (Wildman–Crippen LogP) is 3.88. The van der Waals surface area contributed by atoms with Crippen LogP contribution in [0.3, 0.4) is 0 Å². The van der Waals surface area contributed by atoms with E-state index in [-0.39, 0.29) is 11.8 Å². The van der Waals surface area contributed by atoms with Gasteiger partial charge in [0.15, 0.2) is 0 Å². The third kappa shape index (κ3) is 3.90. The van der Waals surface area contributed by atoms with Gasteiger partial charge in [-0.15, -0.1) is 11.8 Å². The highest BCUT2D eigenvalue weighted by Crippen LogP contribution is 2.25. The van der Waals surface area contributed by atoms with E-state index >= 15 is 0 Å². The van der Waals surface area contributed by atoms with Crippen molar-refractivity contribution in [2.24, 2.45) is 0 Å². The molecular formula is C20H17ClN4O2S. The van der Waals surface area contributed by atoms with E-state index in [0.717, 1.165) is 11.4 Å². The summed E-state index contributed by atoms with van der Waals surface area (Å²) in [4.78, 5) is 34.4. The van der Waals surface area contributed by atoms with Gasteiger partial charge in [-0.25, -0.2) is 4.98 Å². The lowest BCUT2D eigenvalue weighted by atomic mass is 10.1. The van der Waals surface area contributed by atoms with E-state index in [0.29, 0.717) is 27.9 Å². The van der Waals surface area contributed by atoms with E-state index in [1.165, 1.54) is 0 Å². The monoisotopic (exact) mass is 412 g/mol. The van der Waals surface area contributed by atoms with Gasteiger partial charge in [0.2, 0.25) is 5.91 Å². The highest BCUT2D eigenvalue weighted by molar-refractivity contribution is 7.99. The molecule has 2 N–H and O–H groups in total. The Morgan fingerprint density at radius 3 is 2.57 bits per heavy atom. The first-order valence-electron chi connectivity index (χ1n) is 8.67. The van der Waals surface area contributed by atoms with E-state index in [2.05, 4.69) is 15.3 Å². The number of anilines is 1. The Morgan fingerprint density at radius 2 is 1.89 bits per heavy atom. The van der Waals surface area contributed by atoms with Crippen LogP contribution in [0, 0.1) is 0 Å². The topological polar surface area (TPSA) is 78.1 Å². The van der Waals surface area contributed by atoms with Crippen molar-refractivity contribution < 1.29 is 9.59 Å². The summed E-state index contributed by atoms with van der Waals surface area (Å²) < 4.78 is 0. The smallest absolute Gasteiger partial charge is 0.255 e. The molecule has 1 fully saturated rings. The fraction of sp³-hybridized carbons (Fsp3) is 0.150. The summed E-state index contributed by atoms with van der Waals surface area (Å²) in [5.41, 5.74) is 2.13. The minimum Gasteiger partial charge on any atom is -0.345 e. The second-order valence-electron chi connectivity index (χ2n) is 6.30. The number of aromatic amines is 1. The number of aromatic nitrogens is 2. The first-order chi connectivity index (χ1) is 13.6. The molecule has 1 aliphatic heterocycles. The Morgan fingerprint density at radius 1 is 1.14 bits per heavy atom. The maximum absolute atomic E-state index is 12.8. The van der Waals surface area contributed by atoms with Crippen molar-refractivity contribution in [1.82, 2.24) is 14.9 Å². The maximum atomic E-state index is 12.8. The van der Waals surface area contributed by atoms with Gasteiger partial charge < -0.3 is 15.2 Å². The fourth-order valence-electron chi connectivity index (χ4n) is 2.98. The molecule has 0 aliphatic carbocycles. The van der Waals surface area contributed by atoms with Crippen molar-refractivity contribution in [1.29, 1.82) is 0 Å². The van der Waals surface area contributed by atoms with Gasteiger partial charge in [-0.3, -0.25) is 9.59 Å². The molecule has 1 atom stereocenters. The number of hydrogen-bond acceptors (Lipinski definition) is 4. The first kappa shape index (κ1) is 18.6. The molecule has 6 nitrogen and oxygen atoms in total. The normalized spacial score (nSPS) is 16.2. The summed E-state index contributed by atoms with van der Waals surface area (Å²) in [6.07, 6.45) is 3.45. The number of halogens is 1. The van der Waals surface area contributed by atoms with Gasteiger partial charge in [-0.1, -0.05) is 11.6 Å². The number of benzene rings is 2. The molecule has 1 aromatic heterocycles. The zero-order valence-corrected chi connectivity index (χ0v) is 16.3. The Balaban J connectivity index is 1.45. The number of rotatable bonds is 4. The van der Waals surface area contributed by atoms with E-state index in [1.54, 1.807) is 53.3 Å². The van der Waals surface area contributed by atoms with Crippen LogP contribution in [0.25, 0.3) is 11.4 Å².